The molecule has 0 spiro atoms. The largest absolute Gasteiger partial charge is 0.486 e. The van der Waals surface area contributed by atoms with Crippen molar-refractivity contribution in [1.82, 2.24) is 10.2 Å². The minimum absolute atomic E-state index is 0.0927. The molecule has 1 fully saturated rings. The third-order valence-electron chi connectivity index (χ3n) is 6.32. The topological polar surface area (TPSA) is 117 Å². The number of nitrogens with zero attached hydrogens (tertiary/aromatic N) is 2. The molecule has 3 aliphatic rings. The van der Waals surface area contributed by atoms with Crippen LogP contribution in [0.2, 0.25) is 0 Å². The third-order valence-corrected chi connectivity index (χ3v) is 6.32. The highest BCUT2D eigenvalue weighted by molar-refractivity contribution is 6.12. The third kappa shape index (κ3) is 3.51. The van der Waals surface area contributed by atoms with E-state index >= 15 is 0 Å². The number of hydrogen-bond acceptors (Lipinski definition) is 6. The predicted octanol–water partition coefficient (Wildman–Crippen LogP) is 1.99. The Hall–Kier alpha value is -4.08. The molecule has 2 aromatic rings. The maximum Gasteiger partial charge on any atom is 0.325 e. The highest BCUT2D eigenvalue weighted by atomic mass is 16.6. The smallest absolute Gasteiger partial charge is 0.325 e. The Balaban J connectivity index is 1.41. The molecule has 2 atom stereocenters. The van der Waals surface area contributed by atoms with Gasteiger partial charge >= 0.3 is 6.03 Å². The molecule has 3 aliphatic heterocycles. The standard InChI is InChI=1S/C24H24N4O6/c1-14-11-20(29)25-16-5-3-4-6-17(16)28(14)21(30)13-27-22(31)24(2,26-23(27)32)15-7-8-18-19(12-15)34-10-9-33-18/h3-8,12,14H,9-11,13H2,1-2H3,(H,25,29)(H,26,32)/t14-,24-/m1/s1. The second kappa shape index (κ2) is 8.05. The molecule has 176 valence electrons. The Labute approximate surface area is 195 Å². The second-order valence-electron chi connectivity index (χ2n) is 8.69. The van der Waals surface area contributed by atoms with Crippen molar-refractivity contribution in [3.63, 3.8) is 0 Å². The molecular formula is C24H24N4O6. The first kappa shape index (κ1) is 21.7. The zero-order valence-corrected chi connectivity index (χ0v) is 18.8. The lowest BCUT2D eigenvalue weighted by Crippen LogP contribution is -2.47. The van der Waals surface area contributed by atoms with Gasteiger partial charge in [0, 0.05) is 12.5 Å². The van der Waals surface area contributed by atoms with Gasteiger partial charge in [-0.3, -0.25) is 19.3 Å². The molecule has 3 heterocycles. The molecule has 0 saturated carbocycles. The molecule has 0 radical (unpaired) electrons. The maximum absolute atomic E-state index is 13.4. The van der Waals surface area contributed by atoms with Gasteiger partial charge in [-0.1, -0.05) is 18.2 Å². The molecule has 0 aliphatic carbocycles. The van der Waals surface area contributed by atoms with Crippen molar-refractivity contribution in [1.29, 1.82) is 0 Å². The fraction of sp³-hybridized carbons (Fsp3) is 0.333. The molecule has 5 amide bonds. The number of anilines is 2. The second-order valence-corrected chi connectivity index (χ2v) is 8.69. The Morgan fingerprint density at radius 2 is 1.82 bits per heavy atom. The van der Waals surface area contributed by atoms with Gasteiger partial charge < -0.3 is 25.0 Å². The minimum atomic E-state index is -1.37. The molecule has 2 aromatic carbocycles. The van der Waals surface area contributed by atoms with Crippen molar-refractivity contribution in [2.75, 3.05) is 30.0 Å². The van der Waals surface area contributed by atoms with Crippen LogP contribution in [-0.4, -0.2) is 54.5 Å². The van der Waals surface area contributed by atoms with E-state index in [1.807, 2.05) is 0 Å². The van der Waals surface area contributed by atoms with Crippen molar-refractivity contribution in [2.45, 2.75) is 31.8 Å². The van der Waals surface area contributed by atoms with Gasteiger partial charge in [-0.15, -0.1) is 0 Å². The first-order valence-electron chi connectivity index (χ1n) is 11.0. The summed E-state index contributed by atoms with van der Waals surface area (Å²) in [6, 6.07) is 10.9. The summed E-state index contributed by atoms with van der Waals surface area (Å²) < 4.78 is 11.1. The summed E-state index contributed by atoms with van der Waals surface area (Å²) in [6.07, 6.45) is 0.0927. The van der Waals surface area contributed by atoms with E-state index < -0.39 is 36.0 Å². The van der Waals surface area contributed by atoms with Crippen molar-refractivity contribution < 1.29 is 28.7 Å². The van der Waals surface area contributed by atoms with E-state index in [1.165, 1.54) is 4.90 Å². The SMILES string of the molecule is C[C@@H]1CC(=O)Nc2ccccc2N1C(=O)CN1C(=O)N[C@](C)(c2ccc3c(c2)OCCO3)C1=O. The van der Waals surface area contributed by atoms with Crippen LogP contribution in [-0.2, 0) is 19.9 Å². The maximum atomic E-state index is 13.4. The number of carbonyl (C=O) groups is 4. The van der Waals surface area contributed by atoms with Gasteiger partial charge in [0.15, 0.2) is 11.5 Å². The number of hydrogen-bond donors (Lipinski definition) is 2. The lowest BCUT2D eigenvalue weighted by molar-refractivity contribution is -0.134. The quantitative estimate of drug-likeness (QED) is 0.671. The summed E-state index contributed by atoms with van der Waals surface area (Å²) in [5, 5.41) is 5.51. The van der Waals surface area contributed by atoms with Crippen LogP contribution in [0.1, 0.15) is 25.8 Å². The molecule has 1 saturated heterocycles. The zero-order chi connectivity index (χ0) is 24.0. The summed E-state index contributed by atoms with van der Waals surface area (Å²) in [7, 11) is 0. The van der Waals surface area contributed by atoms with Crippen molar-refractivity contribution >= 4 is 35.1 Å². The van der Waals surface area contributed by atoms with E-state index in [1.54, 1.807) is 56.3 Å². The fourth-order valence-electron chi connectivity index (χ4n) is 4.57. The minimum Gasteiger partial charge on any atom is -0.486 e. The van der Waals surface area contributed by atoms with Gasteiger partial charge in [-0.25, -0.2) is 4.79 Å². The van der Waals surface area contributed by atoms with E-state index in [9.17, 15) is 19.2 Å². The molecule has 10 heteroatoms. The summed E-state index contributed by atoms with van der Waals surface area (Å²) >= 11 is 0. The van der Waals surface area contributed by atoms with Gasteiger partial charge in [0.05, 0.1) is 11.4 Å². The average molecular weight is 464 g/mol. The predicted molar refractivity (Wildman–Crippen MR) is 122 cm³/mol. The Kier molecular flexibility index (Phi) is 5.15. The van der Waals surface area contributed by atoms with Crippen LogP contribution in [0.5, 0.6) is 11.5 Å². The lowest BCUT2D eigenvalue weighted by Gasteiger charge is -2.29. The molecule has 0 bridgehead atoms. The van der Waals surface area contributed by atoms with E-state index in [0.29, 0.717) is 41.7 Å². The average Bonchev–Trinajstić information content (AvgIpc) is 2.95. The van der Waals surface area contributed by atoms with Crippen LogP contribution in [0.4, 0.5) is 16.2 Å². The van der Waals surface area contributed by atoms with Crippen molar-refractivity contribution in [2.24, 2.45) is 0 Å². The number of urea groups is 1. The lowest BCUT2D eigenvalue weighted by atomic mass is 9.91. The fourth-order valence-corrected chi connectivity index (χ4v) is 4.57. The number of benzene rings is 2. The van der Waals surface area contributed by atoms with Gasteiger partial charge in [-0.05, 0) is 43.7 Å². The summed E-state index contributed by atoms with van der Waals surface area (Å²) in [4.78, 5) is 54.2. The zero-order valence-electron chi connectivity index (χ0n) is 18.8. The number of ether oxygens (including phenoxy) is 2. The molecule has 34 heavy (non-hydrogen) atoms. The molecule has 2 N–H and O–H groups in total. The monoisotopic (exact) mass is 464 g/mol. The molecule has 10 nitrogen and oxygen atoms in total. The molecule has 5 rings (SSSR count). The van der Waals surface area contributed by atoms with Crippen molar-refractivity contribution in [3.05, 3.63) is 48.0 Å². The Morgan fingerprint density at radius 1 is 1.09 bits per heavy atom. The van der Waals surface area contributed by atoms with Crippen LogP contribution in [0, 0.1) is 0 Å². The first-order valence-corrected chi connectivity index (χ1v) is 11.0. The normalized spacial score (nSPS) is 23.7. The number of para-hydroxylation sites is 2. The first-order chi connectivity index (χ1) is 16.3. The number of nitrogens with one attached hydrogen (secondary N) is 2. The van der Waals surface area contributed by atoms with E-state index in [-0.39, 0.29) is 12.3 Å². The highest BCUT2D eigenvalue weighted by Crippen LogP contribution is 2.37. The molecular weight excluding hydrogens is 440 g/mol. The molecule has 0 aromatic heterocycles. The Morgan fingerprint density at radius 3 is 2.62 bits per heavy atom. The molecule has 0 unspecified atom stereocenters. The highest BCUT2D eigenvalue weighted by Gasteiger charge is 2.50. The number of rotatable bonds is 3. The van der Waals surface area contributed by atoms with E-state index in [0.717, 1.165) is 4.90 Å². The summed E-state index contributed by atoms with van der Waals surface area (Å²) in [5.74, 6) is -0.164. The van der Waals surface area contributed by atoms with Crippen LogP contribution < -0.4 is 25.0 Å². The summed E-state index contributed by atoms with van der Waals surface area (Å²) in [5.41, 5.74) is 0.178. The van der Waals surface area contributed by atoms with Crippen LogP contribution in [0.3, 0.4) is 0 Å². The van der Waals surface area contributed by atoms with Gasteiger partial charge in [-0.2, -0.15) is 0 Å². The number of carbonyl (C=O) groups excluding carboxylic acids is 4. The van der Waals surface area contributed by atoms with E-state index in [2.05, 4.69) is 10.6 Å². The van der Waals surface area contributed by atoms with E-state index in [4.69, 9.17) is 9.47 Å². The number of amides is 5. The van der Waals surface area contributed by atoms with Crippen LogP contribution >= 0.6 is 0 Å². The van der Waals surface area contributed by atoms with Gasteiger partial charge in [0.2, 0.25) is 11.8 Å². The van der Waals surface area contributed by atoms with Gasteiger partial charge in [0.25, 0.3) is 5.91 Å². The number of imide groups is 1. The van der Waals surface area contributed by atoms with Crippen LogP contribution in [0.15, 0.2) is 42.5 Å². The Bertz CT molecular complexity index is 1210. The van der Waals surface area contributed by atoms with Crippen molar-refractivity contribution in [3.8, 4) is 11.5 Å². The number of fused-ring (bicyclic) bond motifs is 2. The van der Waals surface area contributed by atoms with Crippen LogP contribution in [0.25, 0.3) is 0 Å². The van der Waals surface area contributed by atoms with Gasteiger partial charge in [0.1, 0.15) is 25.3 Å². The summed E-state index contributed by atoms with van der Waals surface area (Å²) in [6.45, 7) is 3.72.